The third-order valence-electron chi connectivity index (χ3n) is 4.71. The van der Waals surface area contributed by atoms with E-state index in [2.05, 4.69) is 5.16 Å². The minimum Gasteiger partial charge on any atom is -0.493 e. The third kappa shape index (κ3) is 4.14. The van der Waals surface area contributed by atoms with Gasteiger partial charge in [-0.05, 0) is 56.8 Å². The monoisotopic (exact) mass is 354 g/mol. The summed E-state index contributed by atoms with van der Waals surface area (Å²) in [7, 11) is 1.65. The summed E-state index contributed by atoms with van der Waals surface area (Å²) in [5, 5.41) is 4.38. The van der Waals surface area contributed by atoms with Crippen LogP contribution in [0.25, 0.3) is 0 Å². The van der Waals surface area contributed by atoms with E-state index in [0.717, 1.165) is 48.5 Å². The lowest BCUT2D eigenvalue weighted by Crippen LogP contribution is -2.31. The zero-order valence-electron chi connectivity index (χ0n) is 14.3. The van der Waals surface area contributed by atoms with Gasteiger partial charge in [0.1, 0.15) is 5.60 Å². The Morgan fingerprint density at radius 1 is 1.21 bits per heavy atom. The smallest absolute Gasteiger partial charge is 0.161 e. The molecule has 5 nitrogen and oxygen atoms in total. The molecule has 1 aromatic carbocycles. The second-order valence-electron chi connectivity index (χ2n) is 6.41. The number of rotatable bonds is 6. The summed E-state index contributed by atoms with van der Waals surface area (Å²) in [6, 6.07) is 5.96. The molecule has 3 rings (SSSR count). The van der Waals surface area contributed by atoms with Gasteiger partial charge in [0.2, 0.25) is 0 Å². The number of oxime groups is 1. The molecule has 2 N–H and O–H groups in total. The second-order valence-corrected chi connectivity index (χ2v) is 6.41. The first-order valence-corrected chi connectivity index (χ1v) is 8.53. The highest BCUT2D eigenvalue weighted by Gasteiger charge is 2.40. The van der Waals surface area contributed by atoms with Gasteiger partial charge in [0.05, 0.1) is 19.4 Å². The summed E-state index contributed by atoms with van der Waals surface area (Å²) in [4.78, 5) is 5.84. The zero-order chi connectivity index (χ0) is 16.1. The van der Waals surface area contributed by atoms with Crippen LogP contribution in [0.5, 0.6) is 11.5 Å². The summed E-state index contributed by atoms with van der Waals surface area (Å²) >= 11 is 0. The molecule has 0 aromatic heterocycles. The molecule has 0 bridgehead atoms. The van der Waals surface area contributed by atoms with Gasteiger partial charge in [0.15, 0.2) is 11.5 Å². The fourth-order valence-electron chi connectivity index (χ4n) is 3.38. The highest BCUT2D eigenvalue weighted by molar-refractivity contribution is 6.02. The highest BCUT2D eigenvalue weighted by atomic mass is 35.5. The van der Waals surface area contributed by atoms with Crippen molar-refractivity contribution in [2.24, 2.45) is 10.9 Å². The Labute approximate surface area is 149 Å². The molecule has 1 saturated carbocycles. The number of ether oxygens (including phenoxy) is 2. The van der Waals surface area contributed by atoms with Crippen LogP contribution >= 0.6 is 12.4 Å². The number of hydrogen-bond acceptors (Lipinski definition) is 5. The number of nitrogens with two attached hydrogens (primary N) is 1. The molecule has 1 aliphatic carbocycles. The van der Waals surface area contributed by atoms with E-state index in [1.165, 1.54) is 19.3 Å². The molecule has 1 spiro atoms. The minimum atomic E-state index is -0.0614. The van der Waals surface area contributed by atoms with E-state index in [-0.39, 0.29) is 18.0 Å². The first kappa shape index (κ1) is 18.9. The van der Waals surface area contributed by atoms with Crippen molar-refractivity contribution in [1.82, 2.24) is 0 Å². The molecule has 0 unspecified atom stereocenters. The Bertz CT molecular complexity index is 571. The molecule has 6 heteroatoms. The first-order chi connectivity index (χ1) is 11.3. The molecule has 1 aromatic rings. The van der Waals surface area contributed by atoms with Crippen LogP contribution in [0.15, 0.2) is 23.4 Å². The molecule has 2 aliphatic rings. The number of halogens is 1. The van der Waals surface area contributed by atoms with Crippen molar-refractivity contribution in [1.29, 1.82) is 0 Å². The van der Waals surface area contributed by atoms with E-state index >= 15 is 0 Å². The lowest BCUT2D eigenvalue weighted by atomic mass is 9.81. The summed E-state index contributed by atoms with van der Waals surface area (Å²) in [6.45, 7) is 1.20. The Morgan fingerprint density at radius 2 is 2.00 bits per heavy atom. The average Bonchev–Trinajstić information content (AvgIpc) is 2.99. The maximum atomic E-state index is 5.84. The van der Waals surface area contributed by atoms with Crippen molar-refractivity contribution in [2.75, 3.05) is 20.3 Å². The Balaban J connectivity index is 0.00000208. The summed E-state index contributed by atoms with van der Waals surface area (Å²) in [6.07, 6.45) is 7.70. The normalized spacial score (nSPS) is 18.5. The van der Waals surface area contributed by atoms with Gasteiger partial charge in [-0.1, -0.05) is 11.6 Å². The van der Waals surface area contributed by atoms with Gasteiger partial charge in [-0.2, -0.15) is 0 Å². The van der Waals surface area contributed by atoms with Gasteiger partial charge in [-0.3, -0.25) is 0 Å². The summed E-state index contributed by atoms with van der Waals surface area (Å²) in [5.74, 6) is 1.48. The Hall–Kier alpha value is -1.46. The SMILES string of the molecule is COc1ccc(C2=NOC3(CCCCC3)C2)cc1OCCCN.Cl. The van der Waals surface area contributed by atoms with Gasteiger partial charge in [-0.15, -0.1) is 12.4 Å². The highest BCUT2D eigenvalue weighted by Crippen LogP contribution is 2.40. The van der Waals surface area contributed by atoms with Crippen LogP contribution in [0.2, 0.25) is 0 Å². The van der Waals surface area contributed by atoms with Crippen molar-refractivity contribution >= 4 is 18.1 Å². The molecule has 0 saturated heterocycles. The number of methoxy groups -OCH3 is 1. The zero-order valence-corrected chi connectivity index (χ0v) is 15.1. The largest absolute Gasteiger partial charge is 0.493 e. The summed E-state index contributed by atoms with van der Waals surface area (Å²) in [5.41, 5.74) is 7.53. The molecule has 1 heterocycles. The molecular weight excluding hydrogens is 328 g/mol. The first-order valence-electron chi connectivity index (χ1n) is 8.53. The van der Waals surface area contributed by atoms with Crippen LogP contribution < -0.4 is 15.2 Å². The van der Waals surface area contributed by atoms with Gasteiger partial charge in [-0.25, -0.2) is 0 Å². The van der Waals surface area contributed by atoms with Crippen LogP contribution in [0, 0.1) is 0 Å². The number of hydrogen-bond donors (Lipinski definition) is 1. The maximum absolute atomic E-state index is 5.84. The maximum Gasteiger partial charge on any atom is 0.161 e. The van der Waals surface area contributed by atoms with Gasteiger partial charge >= 0.3 is 0 Å². The quantitative estimate of drug-likeness (QED) is 0.791. The fraction of sp³-hybridized carbons (Fsp3) is 0.611. The van der Waals surface area contributed by atoms with Crippen molar-refractivity contribution in [3.63, 3.8) is 0 Å². The van der Waals surface area contributed by atoms with Crippen molar-refractivity contribution in [3.8, 4) is 11.5 Å². The number of nitrogens with zero attached hydrogens (tertiary/aromatic N) is 1. The summed E-state index contributed by atoms with van der Waals surface area (Å²) < 4.78 is 11.2. The molecule has 134 valence electrons. The van der Waals surface area contributed by atoms with Gasteiger partial charge in [0, 0.05) is 12.0 Å². The fourth-order valence-corrected chi connectivity index (χ4v) is 3.38. The second kappa shape index (κ2) is 8.58. The molecule has 0 amide bonds. The third-order valence-corrected chi connectivity index (χ3v) is 4.71. The average molecular weight is 355 g/mol. The lowest BCUT2D eigenvalue weighted by molar-refractivity contribution is -0.0449. The van der Waals surface area contributed by atoms with E-state index in [9.17, 15) is 0 Å². The van der Waals surface area contributed by atoms with Gasteiger partial charge < -0.3 is 20.0 Å². The van der Waals surface area contributed by atoms with Crippen LogP contribution in [0.3, 0.4) is 0 Å². The predicted molar refractivity (Wildman–Crippen MR) is 97.5 cm³/mol. The van der Waals surface area contributed by atoms with E-state index in [1.807, 2.05) is 18.2 Å². The molecular formula is C18H27ClN2O3. The van der Waals surface area contributed by atoms with Crippen LogP contribution in [0.1, 0.15) is 50.5 Å². The predicted octanol–water partition coefficient (Wildman–Crippen LogP) is 3.67. The van der Waals surface area contributed by atoms with Gasteiger partial charge in [0.25, 0.3) is 0 Å². The van der Waals surface area contributed by atoms with E-state index in [0.29, 0.717) is 13.2 Å². The molecule has 0 radical (unpaired) electrons. The standard InChI is InChI=1S/C18H26N2O3.ClH/c1-21-16-7-6-14(12-17(16)22-11-5-10-19)15-13-18(23-20-15)8-3-2-4-9-18;/h6-7,12H,2-5,8-11,13,19H2,1H3;1H. The van der Waals surface area contributed by atoms with Crippen LogP contribution in [0.4, 0.5) is 0 Å². The Kier molecular flexibility index (Phi) is 6.75. The van der Waals surface area contributed by atoms with E-state index < -0.39 is 0 Å². The van der Waals surface area contributed by atoms with Crippen molar-refractivity contribution in [3.05, 3.63) is 23.8 Å². The topological polar surface area (TPSA) is 66.1 Å². The van der Waals surface area contributed by atoms with E-state index in [4.69, 9.17) is 20.0 Å². The molecule has 24 heavy (non-hydrogen) atoms. The van der Waals surface area contributed by atoms with Crippen LogP contribution in [-0.2, 0) is 4.84 Å². The Morgan fingerprint density at radius 3 is 2.71 bits per heavy atom. The van der Waals surface area contributed by atoms with Crippen molar-refractivity contribution in [2.45, 2.75) is 50.5 Å². The van der Waals surface area contributed by atoms with Crippen molar-refractivity contribution < 1.29 is 14.3 Å². The lowest BCUT2D eigenvalue weighted by Gasteiger charge is -2.30. The minimum absolute atomic E-state index is 0. The molecule has 1 fully saturated rings. The van der Waals surface area contributed by atoms with E-state index in [1.54, 1.807) is 7.11 Å². The van der Waals surface area contributed by atoms with Crippen LogP contribution in [-0.4, -0.2) is 31.6 Å². The molecule has 0 atom stereocenters. The molecule has 1 aliphatic heterocycles. The number of benzene rings is 1.